The number of carbonyl (C=O) groups excluding carboxylic acids is 1. The number of hydrogen-bond donors (Lipinski definition) is 1. The third-order valence-electron chi connectivity index (χ3n) is 2.92. The van der Waals surface area contributed by atoms with E-state index >= 15 is 0 Å². The van der Waals surface area contributed by atoms with Crippen LogP contribution in [0.4, 0.5) is 0 Å². The van der Waals surface area contributed by atoms with Crippen molar-refractivity contribution in [2.75, 3.05) is 0 Å². The minimum absolute atomic E-state index is 0.149. The molecule has 0 radical (unpaired) electrons. The van der Waals surface area contributed by atoms with Gasteiger partial charge in [0.1, 0.15) is 0 Å². The van der Waals surface area contributed by atoms with Crippen LogP contribution in [0.1, 0.15) is 40.0 Å². The van der Waals surface area contributed by atoms with Crippen molar-refractivity contribution in [3.8, 4) is 0 Å². The second kappa shape index (κ2) is 4.35. The van der Waals surface area contributed by atoms with Gasteiger partial charge in [-0.3, -0.25) is 0 Å². The van der Waals surface area contributed by atoms with Crippen molar-refractivity contribution in [3.05, 3.63) is 12.2 Å². The zero-order valence-corrected chi connectivity index (χ0v) is 9.75. The van der Waals surface area contributed by atoms with Crippen molar-refractivity contribution in [2.45, 2.75) is 51.7 Å². The van der Waals surface area contributed by atoms with Gasteiger partial charge < -0.3 is 9.84 Å². The number of aliphatic hydroxyl groups is 1. The van der Waals surface area contributed by atoms with E-state index in [1.54, 1.807) is 13.8 Å². The van der Waals surface area contributed by atoms with E-state index in [1.165, 1.54) is 0 Å². The fourth-order valence-electron chi connectivity index (χ4n) is 2.20. The standard InChI is InChI=1S/C12H20O3/c1-8(2)10-6-5-7-12(10,14)11(13)15-9(3)4/h9-10,14H,1,5-7H2,2-4H3/t10-,12-/m0/s1. The average Bonchev–Trinajstić information content (AvgIpc) is 2.47. The second-order valence-corrected chi connectivity index (χ2v) is 4.67. The van der Waals surface area contributed by atoms with E-state index in [0.717, 1.165) is 18.4 Å². The van der Waals surface area contributed by atoms with E-state index < -0.39 is 11.6 Å². The van der Waals surface area contributed by atoms with E-state index in [0.29, 0.717) is 6.42 Å². The van der Waals surface area contributed by atoms with Gasteiger partial charge in [-0.05, 0) is 40.0 Å². The minimum atomic E-state index is -1.34. The first-order valence-corrected chi connectivity index (χ1v) is 5.46. The Hall–Kier alpha value is -0.830. The van der Waals surface area contributed by atoms with E-state index in [9.17, 15) is 9.90 Å². The number of esters is 1. The molecule has 0 aliphatic heterocycles. The second-order valence-electron chi connectivity index (χ2n) is 4.67. The highest BCUT2D eigenvalue weighted by atomic mass is 16.6. The molecule has 3 heteroatoms. The van der Waals surface area contributed by atoms with Crippen molar-refractivity contribution < 1.29 is 14.6 Å². The van der Waals surface area contributed by atoms with Gasteiger partial charge >= 0.3 is 5.97 Å². The molecule has 0 saturated heterocycles. The Bertz CT molecular complexity index is 270. The van der Waals surface area contributed by atoms with Crippen molar-refractivity contribution in [1.82, 2.24) is 0 Å². The molecule has 1 aliphatic rings. The molecule has 1 fully saturated rings. The highest BCUT2D eigenvalue weighted by Gasteiger charge is 2.49. The third kappa shape index (κ3) is 2.40. The molecule has 0 aromatic carbocycles. The maximum atomic E-state index is 11.8. The van der Waals surface area contributed by atoms with E-state index in [-0.39, 0.29) is 12.0 Å². The molecule has 0 bridgehead atoms. The third-order valence-corrected chi connectivity index (χ3v) is 2.92. The lowest BCUT2D eigenvalue weighted by atomic mass is 9.86. The lowest BCUT2D eigenvalue weighted by Gasteiger charge is -2.29. The molecule has 0 aromatic rings. The first kappa shape index (κ1) is 12.2. The van der Waals surface area contributed by atoms with E-state index in [2.05, 4.69) is 6.58 Å². The summed E-state index contributed by atoms with van der Waals surface area (Å²) in [4.78, 5) is 11.8. The van der Waals surface area contributed by atoms with Crippen LogP contribution in [0.15, 0.2) is 12.2 Å². The lowest BCUT2D eigenvalue weighted by Crippen LogP contribution is -2.44. The summed E-state index contributed by atoms with van der Waals surface area (Å²) in [5.74, 6) is -0.647. The van der Waals surface area contributed by atoms with Gasteiger partial charge in [-0.25, -0.2) is 4.79 Å². The zero-order chi connectivity index (χ0) is 11.6. The molecule has 1 saturated carbocycles. The summed E-state index contributed by atoms with van der Waals surface area (Å²) < 4.78 is 5.09. The van der Waals surface area contributed by atoms with Gasteiger partial charge in [-0.2, -0.15) is 0 Å². The van der Waals surface area contributed by atoms with Crippen LogP contribution in [0.25, 0.3) is 0 Å². The van der Waals surface area contributed by atoms with Gasteiger partial charge in [0, 0.05) is 5.92 Å². The number of carbonyl (C=O) groups is 1. The van der Waals surface area contributed by atoms with Crippen molar-refractivity contribution in [3.63, 3.8) is 0 Å². The average molecular weight is 212 g/mol. The van der Waals surface area contributed by atoms with Crippen LogP contribution in [-0.4, -0.2) is 22.8 Å². The van der Waals surface area contributed by atoms with Gasteiger partial charge in [0.25, 0.3) is 0 Å². The summed E-state index contributed by atoms with van der Waals surface area (Å²) in [6.45, 7) is 9.24. The SMILES string of the molecule is C=C(C)[C@@H]1CCC[C@@]1(O)C(=O)OC(C)C. The molecule has 15 heavy (non-hydrogen) atoms. The van der Waals surface area contributed by atoms with Crippen LogP contribution in [0.3, 0.4) is 0 Å². The minimum Gasteiger partial charge on any atom is -0.461 e. The Kier molecular flexibility index (Phi) is 3.55. The molecular weight excluding hydrogens is 192 g/mol. The van der Waals surface area contributed by atoms with Gasteiger partial charge in [0.2, 0.25) is 0 Å². The lowest BCUT2D eigenvalue weighted by molar-refractivity contribution is -0.172. The van der Waals surface area contributed by atoms with E-state index in [1.807, 2.05) is 6.92 Å². The first-order chi connectivity index (χ1) is 6.88. The molecule has 0 spiro atoms. The van der Waals surface area contributed by atoms with E-state index in [4.69, 9.17) is 4.74 Å². The molecule has 1 N–H and O–H groups in total. The van der Waals surface area contributed by atoms with Gasteiger partial charge in [0.05, 0.1) is 6.10 Å². The highest BCUT2D eigenvalue weighted by Crippen LogP contribution is 2.40. The summed E-state index contributed by atoms with van der Waals surface area (Å²) in [5, 5.41) is 10.3. The first-order valence-electron chi connectivity index (χ1n) is 5.46. The Morgan fingerprint density at radius 1 is 1.60 bits per heavy atom. The molecule has 2 atom stereocenters. The van der Waals surface area contributed by atoms with Crippen molar-refractivity contribution >= 4 is 5.97 Å². The molecule has 0 unspecified atom stereocenters. The van der Waals surface area contributed by atoms with Crippen LogP contribution < -0.4 is 0 Å². The molecule has 0 heterocycles. The zero-order valence-electron chi connectivity index (χ0n) is 9.75. The summed E-state index contributed by atoms with van der Waals surface area (Å²) in [7, 11) is 0. The van der Waals surface area contributed by atoms with Crippen molar-refractivity contribution in [2.24, 2.45) is 5.92 Å². The highest BCUT2D eigenvalue weighted by molar-refractivity contribution is 5.80. The predicted molar refractivity (Wildman–Crippen MR) is 58.3 cm³/mol. The number of hydrogen-bond acceptors (Lipinski definition) is 3. The number of rotatable bonds is 3. The molecule has 1 aliphatic carbocycles. The quantitative estimate of drug-likeness (QED) is 0.575. The Morgan fingerprint density at radius 2 is 2.20 bits per heavy atom. The molecule has 1 rings (SSSR count). The van der Waals surface area contributed by atoms with Crippen molar-refractivity contribution in [1.29, 1.82) is 0 Å². The summed E-state index contributed by atoms with van der Waals surface area (Å²) in [6, 6.07) is 0. The monoisotopic (exact) mass is 212 g/mol. The van der Waals surface area contributed by atoms with Crippen LogP contribution >= 0.6 is 0 Å². The number of ether oxygens (including phenoxy) is 1. The fraction of sp³-hybridized carbons (Fsp3) is 0.750. The largest absolute Gasteiger partial charge is 0.461 e. The molecule has 0 aromatic heterocycles. The normalized spacial score (nSPS) is 30.6. The fourth-order valence-corrected chi connectivity index (χ4v) is 2.20. The molecular formula is C12H20O3. The summed E-state index contributed by atoms with van der Waals surface area (Å²) in [6.07, 6.45) is 1.96. The van der Waals surface area contributed by atoms with Crippen LogP contribution in [0, 0.1) is 5.92 Å². The van der Waals surface area contributed by atoms with Crippen LogP contribution in [0.5, 0.6) is 0 Å². The topological polar surface area (TPSA) is 46.5 Å². The Labute approximate surface area is 91.1 Å². The Balaban J connectivity index is 2.80. The van der Waals surface area contributed by atoms with Gasteiger partial charge in [0.15, 0.2) is 5.60 Å². The van der Waals surface area contributed by atoms with Crippen LogP contribution in [-0.2, 0) is 9.53 Å². The summed E-state index contributed by atoms with van der Waals surface area (Å²) >= 11 is 0. The van der Waals surface area contributed by atoms with Crippen LogP contribution in [0.2, 0.25) is 0 Å². The molecule has 3 nitrogen and oxygen atoms in total. The van der Waals surface area contributed by atoms with Gasteiger partial charge in [-0.1, -0.05) is 12.2 Å². The van der Waals surface area contributed by atoms with Gasteiger partial charge in [-0.15, -0.1) is 0 Å². The summed E-state index contributed by atoms with van der Waals surface area (Å²) in [5.41, 5.74) is -0.480. The smallest absolute Gasteiger partial charge is 0.338 e. The Morgan fingerprint density at radius 3 is 2.67 bits per heavy atom. The predicted octanol–water partition coefficient (Wildman–Crippen LogP) is 2.05. The molecule has 0 amide bonds. The molecule has 86 valence electrons. The maximum absolute atomic E-state index is 11.8. The maximum Gasteiger partial charge on any atom is 0.338 e.